The summed E-state index contributed by atoms with van der Waals surface area (Å²) in [6.07, 6.45) is 0. The standard InChI is InChI=1S/C111H65N9O10/c1-111(2,60-43-49-98(121)94(51-60)118-105(125)78-47-45-76-100-77(46-48-79(101(78)100)106(118)126)104(124)115(103(76)123)64-54-62(112-84-33-13-3-23-66(84)67-24-4-14-34-85(67)112)53-63(55-64)113-86-35-15-5-25-68(86)69-26-6-16-36-87(69)113)61-44-50-99(122)95(52-61)119-107(127)80-58-82-83(59-81(80)108(119)128)110(130)120(109(82)129)102-96(116-90-39-19-9-29-72(90)73-30-10-20-40-91(73)116)56-65(114-88-37-17-7-27-70(88)71-28-8-18-38-89(71)114)57-97(102)117-92-41-21-11-31-74(92)75-32-12-22-42-93(75)117/h3-59,121-122H,1-2H3. The molecule has 0 fully saturated rings. The smallest absolute Gasteiger partial charge is 0.266 e. The Hall–Kier alpha value is -17.8. The van der Waals surface area contributed by atoms with Gasteiger partial charge in [-0.3, -0.25) is 38.4 Å². The van der Waals surface area contributed by atoms with Crippen molar-refractivity contribution in [1.82, 2.24) is 32.0 Å². The zero-order valence-electron chi connectivity index (χ0n) is 69.1. The van der Waals surface area contributed by atoms with Crippen LogP contribution in [0.2, 0.25) is 0 Å². The summed E-state index contributed by atoms with van der Waals surface area (Å²) in [7, 11) is 0. The van der Waals surface area contributed by atoms with Gasteiger partial charge in [-0.2, -0.15) is 0 Å². The van der Waals surface area contributed by atoms with Crippen LogP contribution in [-0.4, -0.2) is 65.8 Å². The molecule has 0 saturated heterocycles. The molecule has 2 aliphatic rings. The highest BCUT2D eigenvalue weighted by molar-refractivity contribution is 6.42. The largest absolute Gasteiger partial charge is 0.506 e. The van der Waals surface area contributed by atoms with Gasteiger partial charge in [0.25, 0.3) is 45.9 Å². The highest BCUT2D eigenvalue weighted by Gasteiger charge is 2.43. The topological polar surface area (TPSA) is 218 Å². The Morgan fingerprint density at radius 2 is 0.454 bits per heavy atom. The molecule has 0 atom stereocenters. The first-order valence-electron chi connectivity index (χ1n) is 42.7. The molecule has 0 unspecified atom stereocenters. The maximum atomic E-state index is 16.4. The lowest BCUT2D eigenvalue weighted by Crippen LogP contribution is -2.43. The van der Waals surface area contributed by atoms with Crippen molar-refractivity contribution in [2.45, 2.75) is 19.3 Å². The molecule has 614 valence electrons. The molecule has 0 aliphatic carbocycles. The molecule has 24 aromatic rings. The predicted molar refractivity (Wildman–Crippen MR) is 514 cm³/mol. The predicted octanol–water partition coefficient (Wildman–Crippen LogP) is 21.9. The zero-order chi connectivity index (χ0) is 87.4. The van der Waals surface area contributed by atoms with E-state index in [9.17, 15) is 10.2 Å². The summed E-state index contributed by atoms with van der Waals surface area (Å²) < 4.78 is 12.7. The maximum absolute atomic E-state index is 16.4. The third-order valence-electron chi connectivity index (χ3n) is 27.2. The fraction of sp³-hybridized carbons (Fsp3) is 0.0270. The van der Waals surface area contributed by atoms with Gasteiger partial charge in [-0.25, -0.2) is 18.9 Å². The number of aromatic hydroxyl groups is 2. The van der Waals surface area contributed by atoms with Crippen molar-refractivity contribution < 1.29 is 29.4 Å². The number of nitrogens with zero attached hydrogens (tertiary/aromatic N) is 9. The van der Waals surface area contributed by atoms with Gasteiger partial charge in [-0.05, 0) is 163 Å². The first-order valence-corrected chi connectivity index (χ1v) is 42.7. The number of carbonyl (C=O) groups is 4. The van der Waals surface area contributed by atoms with Crippen molar-refractivity contribution in [3.05, 3.63) is 421 Å². The van der Waals surface area contributed by atoms with Crippen molar-refractivity contribution in [2.24, 2.45) is 0 Å². The number of hydrogen-bond acceptors (Lipinski definition) is 10. The maximum Gasteiger partial charge on any atom is 0.266 e. The average Bonchev–Trinajstić information content (AvgIpc) is 1.16. The lowest BCUT2D eigenvalue weighted by atomic mass is 9.77. The third-order valence-corrected chi connectivity index (χ3v) is 27.2. The normalized spacial score (nSPS) is 13.2. The van der Waals surface area contributed by atoms with Crippen LogP contribution in [0.25, 0.3) is 181 Å². The van der Waals surface area contributed by atoms with Crippen LogP contribution in [0.1, 0.15) is 66.4 Å². The van der Waals surface area contributed by atoms with E-state index in [4.69, 9.17) is 0 Å². The minimum atomic E-state index is -1.19. The Morgan fingerprint density at radius 1 is 0.208 bits per heavy atom. The molecule has 26 rings (SSSR count). The first-order chi connectivity index (χ1) is 63.5. The summed E-state index contributed by atoms with van der Waals surface area (Å²) >= 11 is 0. The Balaban J connectivity index is 0.575. The molecule has 4 amide bonds. The van der Waals surface area contributed by atoms with E-state index < -0.39 is 62.8 Å². The number of phenolic OH excluding ortho intramolecular Hbond substituents is 2. The summed E-state index contributed by atoms with van der Waals surface area (Å²) in [6.45, 7) is 3.63. The van der Waals surface area contributed by atoms with Crippen LogP contribution in [0.3, 0.4) is 0 Å². The molecule has 2 N–H and O–H groups in total. The van der Waals surface area contributed by atoms with Crippen LogP contribution in [0.4, 0.5) is 11.4 Å². The van der Waals surface area contributed by atoms with Crippen LogP contribution in [0, 0.1) is 0 Å². The SMILES string of the molecule is CC(C)(c1ccc(O)c(N2C(=O)c3ccc4c5c(ccc(c35)C2=O)C(=O)N(c2cc(-n3c5ccccc5c5ccccc53)cc(-n3c5ccccc5c5ccccc53)c2)C4=O)c1)c1ccc(O)c(-n2c(=O)c3cc4c(=O)n(-c5c(-n6c7ccccc7c7ccccc76)cc(-n6c7ccccc7c7ccccc76)cc5-n5c6ccccc6c6ccccc65)c(=O)c4cc3c2=O)c1. The highest BCUT2D eigenvalue weighted by atomic mass is 16.3. The van der Waals surface area contributed by atoms with Gasteiger partial charge < -0.3 is 33.0 Å². The number of amides is 4. The Bertz CT molecular complexity index is 8950. The van der Waals surface area contributed by atoms with E-state index in [0.29, 0.717) is 33.9 Å². The average molecular weight is 1680 g/mol. The molecular formula is C111H65N9O10. The minimum Gasteiger partial charge on any atom is -0.506 e. The molecule has 130 heavy (non-hydrogen) atoms. The van der Waals surface area contributed by atoms with E-state index in [1.807, 2.05) is 208 Å². The van der Waals surface area contributed by atoms with Crippen molar-refractivity contribution in [3.8, 4) is 51.3 Å². The first kappa shape index (κ1) is 73.7. The number of phenols is 2. The van der Waals surface area contributed by atoms with Crippen LogP contribution in [0.15, 0.2) is 365 Å². The summed E-state index contributed by atoms with van der Waals surface area (Å²) in [5.74, 6) is -3.95. The van der Waals surface area contributed by atoms with Crippen molar-refractivity contribution in [3.63, 3.8) is 0 Å². The summed E-state index contributed by atoms with van der Waals surface area (Å²) in [5.41, 5.74) is 8.30. The number of imide groups is 2. The van der Waals surface area contributed by atoms with Gasteiger partial charge in [0.15, 0.2) is 0 Å². The number of para-hydroxylation sites is 10. The van der Waals surface area contributed by atoms with Gasteiger partial charge in [0.05, 0.1) is 122 Å². The summed E-state index contributed by atoms with van der Waals surface area (Å²) in [6, 6.07) is 108. The van der Waals surface area contributed by atoms with Gasteiger partial charge >= 0.3 is 0 Å². The Labute approximate surface area is 734 Å². The quantitative estimate of drug-likeness (QED) is 0.117. The van der Waals surface area contributed by atoms with E-state index in [1.54, 1.807) is 12.1 Å². The molecular weight excluding hydrogens is 1620 g/mol. The fourth-order valence-electron chi connectivity index (χ4n) is 21.3. The number of anilines is 2. The number of fused-ring (bicyclic) bond motifs is 17. The second-order valence-corrected chi connectivity index (χ2v) is 34.2. The van der Waals surface area contributed by atoms with Gasteiger partial charge in [0.1, 0.15) is 17.2 Å². The second kappa shape index (κ2) is 26.6. The number of benzene rings is 17. The fourth-order valence-corrected chi connectivity index (χ4v) is 21.3. The van der Waals surface area contributed by atoms with Crippen LogP contribution < -0.4 is 32.0 Å². The lowest BCUT2D eigenvalue weighted by Gasteiger charge is -2.33. The zero-order valence-corrected chi connectivity index (χ0v) is 69.1. The van der Waals surface area contributed by atoms with Crippen LogP contribution in [0.5, 0.6) is 11.5 Å². The monoisotopic (exact) mass is 1680 g/mol. The molecule has 0 bridgehead atoms. The van der Waals surface area contributed by atoms with Crippen molar-refractivity contribution in [1.29, 1.82) is 0 Å². The highest BCUT2D eigenvalue weighted by Crippen LogP contribution is 2.49. The molecule has 19 nitrogen and oxygen atoms in total. The molecule has 7 aromatic heterocycles. The molecule has 19 heteroatoms. The second-order valence-electron chi connectivity index (χ2n) is 34.2. The van der Waals surface area contributed by atoms with E-state index in [-0.39, 0.29) is 77.3 Å². The number of rotatable bonds is 11. The molecule has 17 aromatic carbocycles. The van der Waals surface area contributed by atoms with Gasteiger partial charge in [0.2, 0.25) is 0 Å². The lowest BCUT2D eigenvalue weighted by molar-refractivity contribution is 0.0872. The minimum absolute atomic E-state index is 0.00773. The van der Waals surface area contributed by atoms with Crippen LogP contribution >= 0.6 is 0 Å². The third kappa shape index (κ3) is 9.90. The summed E-state index contributed by atoms with van der Waals surface area (Å²) in [5, 5.41) is 33.4. The van der Waals surface area contributed by atoms with E-state index in [0.717, 1.165) is 124 Å². The van der Waals surface area contributed by atoms with E-state index in [1.165, 1.54) is 70.1 Å². The van der Waals surface area contributed by atoms with Crippen molar-refractivity contribution in [2.75, 3.05) is 9.80 Å². The van der Waals surface area contributed by atoms with E-state index in [2.05, 4.69) is 102 Å². The van der Waals surface area contributed by atoms with Crippen molar-refractivity contribution >= 4 is 176 Å². The van der Waals surface area contributed by atoms with Crippen LogP contribution in [-0.2, 0) is 5.41 Å². The molecule has 9 heterocycles. The number of carbonyl (C=O) groups excluding carboxylic acids is 4. The molecule has 2 aliphatic heterocycles. The molecule has 0 saturated carbocycles. The number of hydrogen-bond donors (Lipinski definition) is 2. The summed E-state index contributed by atoms with van der Waals surface area (Å²) in [4.78, 5) is 128. The van der Waals surface area contributed by atoms with E-state index >= 15 is 38.4 Å². The van der Waals surface area contributed by atoms with Gasteiger partial charge in [0, 0.05) is 92.3 Å². The van der Waals surface area contributed by atoms with Gasteiger partial charge in [-0.15, -0.1) is 0 Å². The Kier molecular flexibility index (Phi) is 15.1. The Morgan fingerprint density at radius 3 is 0.762 bits per heavy atom. The molecule has 0 spiro atoms. The molecule has 0 radical (unpaired) electrons. The van der Waals surface area contributed by atoms with Gasteiger partial charge in [-0.1, -0.05) is 208 Å². The number of aromatic nitrogens is 7.